The van der Waals surface area contributed by atoms with Gasteiger partial charge < -0.3 is 9.47 Å². The highest BCUT2D eigenvalue weighted by Crippen LogP contribution is 2.39. The molecule has 0 saturated heterocycles. The number of hydrogen-bond donors (Lipinski definition) is 0. The van der Waals surface area contributed by atoms with Gasteiger partial charge in [0.2, 0.25) is 0 Å². The van der Waals surface area contributed by atoms with Crippen LogP contribution in [0.2, 0.25) is 0 Å². The van der Waals surface area contributed by atoms with Crippen LogP contribution in [0.25, 0.3) is 0 Å². The molecule has 1 unspecified atom stereocenters. The molecule has 1 atom stereocenters. The summed E-state index contributed by atoms with van der Waals surface area (Å²) in [6.45, 7) is 4.50. The van der Waals surface area contributed by atoms with Crippen molar-refractivity contribution in [1.29, 1.82) is 0 Å². The number of benzene rings is 3. The zero-order valence-corrected chi connectivity index (χ0v) is 26.7. The van der Waals surface area contributed by atoms with E-state index in [0.717, 1.165) is 17.4 Å². The number of rotatable bonds is 12. The average molecular weight is 595 g/mol. The van der Waals surface area contributed by atoms with Crippen LogP contribution in [0.4, 0.5) is 0 Å². The summed E-state index contributed by atoms with van der Waals surface area (Å²) in [6.07, 6.45) is 14.4. The quantitative estimate of drug-likeness (QED) is 0.196. The van der Waals surface area contributed by atoms with Crippen LogP contribution in [0.3, 0.4) is 0 Å². The van der Waals surface area contributed by atoms with Gasteiger partial charge in [-0.3, -0.25) is 0 Å². The maximum atomic E-state index is 13.3. The Bertz CT molecular complexity index is 1310. The first-order valence-electron chi connectivity index (χ1n) is 17.2. The summed E-state index contributed by atoms with van der Waals surface area (Å²) in [4.78, 5) is 26.5. The summed E-state index contributed by atoms with van der Waals surface area (Å²) in [5.41, 5.74) is 4.39. The third-order valence-electron chi connectivity index (χ3n) is 10.1. The number of ether oxygens (including phenoxy) is 2. The van der Waals surface area contributed by atoms with Gasteiger partial charge in [-0.05, 0) is 116 Å². The molecule has 0 heterocycles. The number of carbonyl (C=O) groups excluding carboxylic acids is 2. The highest BCUT2D eigenvalue weighted by molar-refractivity contribution is 5.90. The second-order valence-electron chi connectivity index (χ2n) is 13.2. The second kappa shape index (κ2) is 16.1. The van der Waals surface area contributed by atoms with Crippen molar-refractivity contribution in [3.05, 3.63) is 107 Å². The van der Waals surface area contributed by atoms with E-state index < -0.39 is 12.1 Å². The topological polar surface area (TPSA) is 52.6 Å². The summed E-state index contributed by atoms with van der Waals surface area (Å²) >= 11 is 0. The van der Waals surface area contributed by atoms with Crippen LogP contribution in [0.15, 0.2) is 78.9 Å². The third-order valence-corrected chi connectivity index (χ3v) is 10.1. The van der Waals surface area contributed by atoms with E-state index in [1.165, 1.54) is 88.2 Å². The predicted octanol–water partition coefficient (Wildman–Crippen LogP) is 10.6. The van der Waals surface area contributed by atoms with E-state index in [4.69, 9.17) is 9.47 Å². The third kappa shape index (κ3) is 8.61. The van der Waals surface area contributed by atoms with Crippen LogP contribution in [0.1, 0.15) is 146 Å². The van der Waals surface area contributed by atoms with Crippen molar-refractivity contribution >= 4 is 11.9 Å². The Hall–Kier alpha value is -3.40. The standard InChI is InChI=1S/C40H50O4/c1-3-9-29-15-19-31(20-16-29)32-23-25-35(26-24-32)40(42)44-38(34-11-6-5-7-12-34)28-43-39(41)37-14-8-13-36(27-37)33-21-17-30(10-4-2)18-22-33/h5-8,11-14,23-27,29-31,33,38H,3-4,9-10,15-22,28H2,1-2H3. The smallest absolute Gasteiger partial charge is 0.338 e. The highest BCUT2D eigenvalue weighted by atomic mass is 16.6. The molecular formula is C40H50O4. The minimum absolute atomic E-state index is 0.0416. The molecule has 0 aromatic heterocycles. The molecule has 2 saturated carbocycles. The van der Waals surface area contributed by atoms with E-state index >= 15 is 0 Å². The lowest BCUT2D eigenvalue weighted by Gasteiger charge is -2.28. The van der Waals surface area contributed by atoms with Crippen LogP contribution in [0.5, 0.6) is 0 Å². The number of carbonyl (C=O) groups is 2. The van der Waals surface area contributed by atoms with Gasteiger partial charge in [0, 0.05) is 0 Å². The molecule has 4 heteroatoms. The van der Waals surface area contributed by atoms with Crippen molar-refractivity contribution < 1.29 is 19.1 Å². The van der Waals surface area contributed by atoms with E-state index in [9.17, 15) is 9.59 Å². The molecular weight excluding hydrogens is 544 g/mol. The lowest BCUT2D eigenvalue weighted by Crippen LogP contribution is -2.19. The van der Waals surface area contributed by atoms with Crippen molar-refractivity contribution in [2.75, 3.05) is 6.61 Å². The fraction of sp³-hybridized carbons (Fsp3) is 0.500. The van der Waals surface area contributed by atoms with Gasteiger partial charge in [0.25, 0.3) is 0 Å². The van der Waals surface area contributed by atoms with Gasteiger partial charge in [0.15, 0.2) is 6.10 Å². The first kappa shape index (κ1) is 32.0. The van der Waals surface area contributed by atoms with Crippen molar-refractivity contribution in [2.24, 2.45) is 11.8 Å². The summed E-state index contributed by atoms with van der Waals surface area (Å²) in [5, 5.41) is 0. The van der Waals surface area contributed by atoms with E-state index in [1.807, 2.05) is 60.7 Å². The van der Waals surface area contributed by atoms with E-state index in [1.54, 1.807) is 0 Å². The second-order valence-corrected chi connectivity index (χ2v) is 13.2. The number of esters is 2. The molecule has 4 nitrogen and oxygen atoms in total. The summed E-state index contributed by atoms with van der Waals surface area (Å²) < 4.78 is 11.7. The predicted molar refractivity (Wildman–Crippen MR) is 177 cm³/mol. The van der Waals surface area contributed by atoms with Crippen LogP contribution in [0, 0.1) is 11.8 Å². The Morgan fingerprint density at radius 2 is 1.23 bits per heavy atom. The molecule has 0 bridgehead atoms. The molecule has 44 heavy (non-hydrogen) atoms. The largest absolute Gasteiger partial charge is 0.458 e. The lowest BCUT2D eigenvalue weighted by molar-refractivity contribution is -0.00134. The molecule has 0 spiro atoms. The van der Waals surface area contributed by atoms with Gasteiger partial charge in [-0.2, -0.15) is 0 Å². The Morgan fingerprint density at radius 1 is 0.636 bits per heavy atom. The Kier molecular flexibility index (Phi) is 11.7. The molecule has 5 rings (SSSR count). The molecule has 0 aliphatic heterocycles. The molecule has 2 aliphatic carbocycles. The van der Waals surface area contributed by atoms with Crippen molar-refractivity contribution in [3.63, 3.8) is 0 Å². The van der Waals surface area contributed by atoms with Crippen LogP contribution in [-0.4, -0.2) is 18.5 Å². The minimum Gasteiger partial charge on any atom is -0.458 e. The maximum Gasteiger partial charge on any atom is 0.338 e. The van der Waals surface area contributed by atoms with Gasteiger partial charge in [-0.15, -0.1) is 0 Å². The maximum absolute atomic E-state index is 13.3. The zero-order chi connectivity index (χ0) is 30.7. The molecule has 0 radical (unpaired) electrons. The lowest BCUT2D eigenvalue weighted by atomic mass is 9.77. The summed E-state index contributed by atoms with van der Waals surface area (Å²) in [6, 6.07) is 25.4. The Morgan fingerprint density at radius 3 is 1.82 bits per heavy atom. The van der Waals surface area contributed by atoms with Gasteiger partial charge in [-0.1, -0.05) is 94.1 Å². The fourth-order valence-corrected chi connectivity index (χ4v) is 7.49. The number of hydrogen-bond acceptors (Lipinski definition) is 4. The molecule has 3 aromatic rings. The minimum atomic E-state index is -0.696. The molecule has 234 valence electrons. The molecule has 2 fully saturated rings. The van der Waals surface area contributed by atoms with Crippen molar-refractivity contribution in [2.45, 2.75) is 109 Å². The van der Waals surface area contributed by atoms with Gasteiger partial charge in [0.1, 0.15) is 6.61 Å². The highest BCUT2D eigenvalue weighted by Gasteiger charge is 2.25. The summed E-state index contributed by atoms with van der Waals surface area (Å²) in [5.74, 6) is 1.98. The SMILES string of the molecule is CCCC1CCC(c2ccc(C(=O)OC(COC(=O)c3cccc(C4CCC(CCC)CC4)c3)c3ccccc3)cc2)CC1. The van der Waals surface area contributed by atoms with E-state index in [2.05, 4.69) is 32.0 Å². The molecule has 3 aromatic carbocycles. The van der Waals surface area contributed by atoms with Crippen molar-refractivity contribution in [3.8, 4) is 0 Å². The van der Waals surface area contributed by atoms with Crippen molar-refractivity contribution in [1.82, 2.24) is 0 Å². The molecule has 0 amide bonds. The van der Waals surface area contributed by atoms with E-state index in [-0.39, 0.29) is 12.6 Å². The molecule has 2 aliphatic rings. The van der Waals surface area contributed by atoms with Gasteiger partial charge >= 0.3 is 11.9 Å². The first-order valence-corrected chi connectivity index (χ1v) is 17.2. The monoisotopic (exact) mass is 594 g/mol. The molecule has 0 N–H and O–H groups in total. The van der Waals surface area contributed by atoms with Crippen LogP contribution in [-0.2, 0) is 9.47 Å². The normalized spacial score (nSPS) is 22.6. The van der Waals surface area contributed by atoms with Gasteiger partial charge in [-0.25, -0.2) is 9.59 Å². The Balaban J connectivity index is 1.19. The first-order chi connectivity index (χ1) is 21.5. The van der Waals surface area contributed by atoms with Crippen LogP contribution >= 0.6 is 0 Å². The zero-order valence-electron chi connectivity index (χ0n) is 26.7. The fourth-order valence-electron chi connectivity index (χ4n) is 7.49. The average Bonchev–Trinajstić information content (AvgIpc) is 3.08. The van der Waals surface area contributed by atoms with Crippen LogP contribution < -0.4 is 0 Å². The van der Waals surface area contributed by atoms with E-state index in [0.29, 0.717) is 23.0 Å². The van der Waals surface area contributed by atoms with Gasteiger partial charge in [0.05, 0.1) is 11.1 Å². The Labute approximate surface area is 264 Å². The summed E-state index contributed by atoms with van der Waals surface area (Å²) in [7, 11) is 0.